The van der Waals surface area contributed by atoms with Gasteiger partial charge in [0.2, 0.25) is 5.91 Å². The van der Waals surface area contributed by atoms with Gasteiger partial charge in [-0.15, -0.1) is 0 Å². The third kappa shape index (κ3) is 3.69. The number of carbonyl (C=O) groups is 1. The third-order valence-corrected chi connectivity index (χ3v) is 3.19. The molecule has 0 aliphatic carbocycles. The maximum atomic E-state index is 11.8. The van der Waals surface area contributed by atoms with E-state index in [4.69, 9.17) is 0 Å². The quantitative estimate of drug-likeness (QED) is 0.867. The van der Waals surface area contributed by atoms with Crippen LogP contribution in [0.15, 0.2) is 18.5 Å². The Labute approximate surface area is 118 Å². The van der Waals surface area contributed by atoms with Crippen molar-refractivity contribution in [2.45, 2.75) is 46.8 Å². The van der Waals surface area contributed by atoms with Gasteiger partial charge >= 0.3 is 0 Å². The summed E-state index contributed by atoms with van der Waals surface area (Å²) in [6, 6.07) is 1.93. The average Bonchev–Trinajstić information content (AvgIpc) is 3.00. The first-order valence-electron chi connectivity index (χ1n) is 6.88. The molecule has 0 fully saturated rings. The molecule has 108 valence electrons. The van der Waals surface area contributed by atoms with Crippen LogP contribution in [0, 0.1) is 13.8 Å². The Morgan fingerprint density at radius 2 is 2.10 bits per heavy atom. The number of nitrogens with one attached hydrogen (secondary N) is 1. The Hall–Kier alpha value is -2.11. The van der Waals surface area contributed by atoms with Crippen LogP contribution in [0.3, 0.4) is 0 Å². The van der Waals surface area contributed by atoms with Gasteiger partial charge in [-0.2, -0.15) is 10.2 Å². The van der Waals surface area contributed by atoms with Gasteiger partial charge in [-0.05, 0) is 26.8 Å². The van der Waals surface area contributed by atoms with E-state index in [1.807, 2.05) is 43.9 Å². The minimum atomic E-state index is 0.0294. The van der Waals surface area contributed by atoms with Gasteiger partial charge in [-0.1, -0.05) is 0 Å². The van der Waals surface area contributed by atoms with Gasteiger partial charge < -0.3 is 5.32 Å². The van der Waals surface area contributed by atoms with Gasteiger partial charge in [-0.25, -0.2) is 0 Å². The molecular weight excluding hydrogens is 254 g/mol. The van der Waals surface area contributed by atoms with Crippen molar-refractivity contribution < 1.29 is 4.79 Å². The van der Waals surface area contributed by atoms with Crippen molar-refractivity contribution in [3.63, 3.8) is 0 Å². The minimum Gasteiger partial charge on any atom is -0.352 e. The molecule has 0 aliphatic rings. The zero-order chi connectivity index (χ0) is 14.5. The molecule has 1 amide bonds. The fourth-order valence-electron chi connectivity index (χ4n) is 1.98. The highest BCUT2D eigenvalue weighted by Gasteiger charge is 2.07. The summed E-state index contributed by atoms with van der Waals surface area (Å²) in [5, 5.41) is 11.5. The van der Waals surface area contributed by atoms with Crippen LogP contribution in [0.5, 0.6) is 0 Å². The molecule has 2 aromatic heterocycles. The largest absolute Gasteiger partial charge is 0.352 e. The molecule has 6 heteroatoms. The summed E-state index contributed by atoms with van der Waals surface area (Å²) >= 11 is 0. The van der Waals surface area contributed by atoms with E-state index in [2.05, 4.69) is 15.5 Å². The highest BCUT2D eigenvalue weighted by atomic mass is 16.1. The normalized spacial score (nSPS) is 10.8. The van der Waals surface area contributed by atoms with Crippen molar-refractivity contribution in [2.24, 2.45) is 0 Å². The van der Waals surface area contributed by atoms with E-state index in [-0.39, 0.29) is 5.91 Å². The summed E-state index contributed by atoms with van der Waals surface area (Å²) in [7, 11) is 0. The fraction of sp³-hybridized carbons (Fsp3) is 0.500. The van der Waals surface area contributed by atoms with Crippen molar-refractivity contribution in [2.75, 3.05) is 0 Å². The van der Waals surface area contributed by atoms with E-state index < -0.39 is 0 Å². The number of carbonyl (C=O) groups excluding carboxylic acids is 1. The lowest BCUT2D eigenvalue weighted by Gasteiger charge is -2.04. The third-order valence-electron chi connectivity index (χ3n) is 3.19. The zero-order valence-corrected chi connectivity index (χ0v) is 12.3. The zero-order valence-electron chi connectivity index (χ0n) is 12.3. The number of aryl methyl sites for hydroxylation is 4. The van der Waals surface area contributed by atoms with Crippen LogP contribution in [0.25, 0.3) is 0 Å². The summed E-state index contributed by atoms with van der Waals surface area (Å²) in [4.78, 5) is 11.8. The summed E-state index contributed by atoms with van der Waals surface area (Å²) in [6.07, 6.45) is 4.30. The first-order chi connectivity index (χ1) is 9.58. The summed E-state index contributed by atoms with van der Waals surface area (Å²) in [5.41, 5.74) is 3.00. The number of hydrogen-bond acceptors (Lipinski definition) is 3. The van der Waals surface area contributed by atoms with Crippen LogP contribution >= 0.6 is 0 Å². The molecule has 0 aromatic carbocycles. The Morgan fingerprint density at radius 1 is 1.30 bits per heavy atom. The Kier molecular flexibility index (Phi) is 4.55. The molecule has 6 nitrogen and oxygen atoms in total. The molecule has 0 aliphatic heterocycles. The molecule has 1 N–H and O–H groups in total. The molecule has 0 unspecified atom stereocenters. The van der Waals surface area contributed by atoms with Crippen molar-refractivity contribution in [3.05, 3.63) is 35.4 Å². The number of aromatic nitrogens is 4. The number of nitrogens with zero attached hydrogens (tertiary/aromatic N) is 4. The Balaban J connectivity index is 1.78. The van der Waals surface area contributed by atoms with Crippen molar-refractivity contribution >= 4 is 5.91 Å². The molecule has 0 bridgehead atoms. The predicted octanol–water partition coefficient (Wildman–Crippen LogP) is 1.42. The summed E-state index contributed by atoms with van der Waals surface area (Å²) < 4.78 is 3.67. The van der Waals surface area contributed by atoms with Crippen LogP contribution in [0.4, 0.5) is 0 Å². The van der Waals surface area contributed by atoms with Crippen LogP contribution in [0.2, 0.25) is 0 Å². The Bertz CT molecular complexity index is 584. The molecule has 0 atom stereocenters. The molecule has 20 heavy (non-hydrogen) atoms. The van der Waals surface area contributed by atoms with E-state index in [9.17, 15) is 4.79 Å². The molecular formula is C14H21N5O. The van der Waals surface area contributed by atoms with Crippen molar-refractivity contribution in [1.82, 2.24) is 24.9 Å². The standard InChI is InChI=1S/C14H21N5O/c1-4-18-10-13(12(3)17-18)9-15-14(20)6-8-19-7-5-11(2)16-19/h5,7,10H,4,6,8-9H2,1-3H3,(H,15,20). The van der Waals surface area contributed by atoms with Crippen LogP contribution in [-0.4, -0.2) is 25.5 Å². The molecule has 0 saturated carbocycles. The van der Waals surface area contributed by atoms with Gasteiger partial charge in [0.25, 0.3) is 0 Å². The predicted molar refractivity (Wildman–Crippen MR) is 76.1 cm³/mol. The van der Waals surface area contributed by atoms with Gasteiger partial charge in [0.15, 0.2) is 0 Å². The molecule has 2 rings (SSSR count). The molecule has 0 saturated heterocycles. The lowest BCUT2D eigenvalue weighted by molar-refractivity contribution is -0.121. The minimum absolute atomic E-state index is 0.0294. The van der Waals surface area contributed by atoms with E-state index >= 15 is 0 Å². The van der Waals surface area contributed by atoms with E-state index in [1.54, 1.807) is 4.68 Å². The topological polar surface area (TPSA) is 64.7 Å². The number of hydrogen-bond donors (Lipinski definition) is 1. The molecule has 0 radical (unpaired) electrons. The van der Waals surface area contributed by atoms with E-state index in [0.29, 0.717) is 19.5 Å². The first-order valence-corrected chi connectivity index (χ1v) is 6.88. The smallest absolute Gasteiger partial charge is 0.222 e. The first kappa shape index (κ1) is 14.3. The summed E-state index contributed by atoms with van der Waals surface area (Å²) in [5.74, 6) is 0.0294. The second kappa shape index (κ2) is 6.36. The second-order valence-electron chi connectivity index (χ2n) is 4.84. The van der Waals surface area contributed by atoms with Crippen LogP contribution in [0.1, 0.15) is 30.3 Å². The van der Waals surface area contributed by atoms with Crippen LogP contribution < -0.4 is 5.32 Å². The van der Waals surface area contributed by atoms with E-state index in [0.717, 1.165) is 23.5 Å². The number of rotatable bonds is 6. The lowest BCUT2D eigenvalue weighted by atomic mass is 10.2. The molecule has 2 heterocycles. The molecule has 2 aromatic rings. The van der Waals surface area contributed by atoms with Crippen LogP contribution in [-0.2, 0) is 24.4 Å². The van der Waals surface area contributed by atoms with Crippen molar-refractivity contribution in [3.8, 4) is 0 Å². The fourth-order valence-corrected chi connectivity index (χ4v) is 1.98. The second-order valence-corrected chi connectivity index (χ2v) is 4.84. The van der Waals surface area contributed by atoms with Gasteiger partial charge in [0.1, 0.15) is 0 Å². The maximum absolute atomic E-state index is 11.8. The van der Waals surface area contributed by atoms with Crippen molar-refractivity contribution in [1.29, 1.82) is 0 Å². The number of amides is 1. The maximum Gasteiger partial charge on any atom is 0.222 e. The Morgan fingerprint density at radius 3 is 2.70 bits per heavy atom. The molecule has 0 spiro atoms. The van der Waals surface area contributed by atoms with Gasteiger partial charge in [-0.3, -0.25) is 14.2 Å². The SMILES string of the molecule is CCn1cc(CNC(=O)CCn2ccc(C)n2)c(C)n1. The highest BCUT2D eigenvalue weighted by Crippen LogP contribution is 2.05. The van der Waals surface area contributed by atoms with Gasteiger partial charge in [0.05, 0.1) is 11.4 Å². The lowest BCUT2D eigenvalue weighted by Crippen LogP contribution is -2.24. The van der Waals surface area contributed by atoms with E-state index in [1.165, 1.54) is 0 Å². The summed E-state index contributed by atoms with van der Waals surface area (Å²) in [6.45, 7) is 7.91. The monoisotopic (exact) mass is 275 g/mol. The van der Waals surface area contributed by atoms with Gasteiger partial charge in [0, 0.05) is 44.0 Å². The highest BCUT2D eigenvalue weighted by molar-refractivity contribution is 5.75. The average molecular weight is 275 g/mol.